The smallest absolute Gasteiger partial charge is 0.227 e. The summed E-state index contributed by atoms with van der Waals surface area (Å²) in [6.45, 7) is 3.05. The molecule has 7 nitrogen and oxygen atoms in total. The summed E-state index contributed by atoms with van der Waals surface area (Å²) < 4.78 is 13.1. The molecular weight excluding hydrogens is 442 g/mol. The molecule has 0 radical (unpaired) electrons. The molecule has 1 fully saturated rings. The average molecular weight is 472 g/mol. The molecule has 3 aromatic carbocycles. The van der Waals surface area contributed by atoms with E-state index < -0.39 is 6.10 Å². The number of carbonyl (C=O) groups is 1. The number of methoxy groups -OCH3 is 1. The zero-order valence-corrected chi connectivity index (χ0v) is 19.9. The van der Waals surface area contributed by atoms with Gasteiger partial charge < -0.3 is 24.0 Å². The Kier molecular flexibility index (Phi) is 6.42. The second-order valence-electron chi connectivity index (χ2n) is 8.95. The highest BCUT2D eigenvalue weighted by atomic mass is 16.5. The lowest BCUT2D eigenvalue weighted by molar-refractivity contribution is -0.117. The van der Waals surface area contributed by atoms with Gasteiger partial charge in [-0.3, -0.25) is 4.79 Å². The van der Waals surface area contributed by atoms with Gasteiger partial charge >= 0.3 is 0 Å². The summed E-state index contributed by atoms with van der Waals surface area (Å²) in [5.41, 5.74) is 3.78. The molecule has 1 aromatic heterocycles. The Morgan fingerprint density at radius 3 is 2.49 bits per heavy atom. The summed E-state index contributed by atoms with van der Waals surface area (Å²) in [6, 6.07) is 23.1. The summed E-state index contributed by atoms with van der Waals surface area (Å²) in [4.78, 5) is 19.6. The van der Waals surface area contributed by atoms with Gasteiger partial charge in [-0.1, -0.05) is 29.8 Å². The molecule has 0 unspecified atom stereocenters. The number of fused-ring (bicyclic) bond motifs is 1. The lowest BCUT2D eigenvalue weighted by Crippen LogP contribution is -2.26. The van der Waals surface area contributed by atoms with Crippen LogP contribution < -0.4 is 14.4 Å². The molecule has 2 heterocycles. The van der Waals surface area contributed by atoms with Gasteiger partial charge in [0.05, 0.1) is 24.7 Å². The number of benzene rings is 3. The molecule has 4 aromatic rings. The highest BCUT2D eigenvalue weighted by molar-refractivity contribution is 5.96. The van der Waals surface area contributed by atoms with E-state index in [0.717, 1.165) is 39.6 Å². The average Bonchev–Trinajstić information content (AvgIpc) is 3.44. The fourth-order valence-electron chi connectivity index (χ4n) is 4.58. The number of rotatable bonds is 8. The van der Waals surface area contributed by atoms with Crippen LogP contribution in [0.5, 0.6) is 11.5 Å². The quantitative estimate of drug-likeness (QED) is 0.414. The Morgan fingerprint density at radius 2 is 1.74 bits per heavy atom. The first kappa shape index (κ1) is 22.9. The van der Waals surface area contributed by atoms with Gasteiger partial charge in [-0.05, 0) is 55.5 Å². The van der Waals surface area contributed by atoms with Crippen LogP contribution in [0.2, 0.25) is 0 Å². The van der Waals surface area contributed by atoms with Crippen LogP contribution in [-0.2, 0) is 11.3 Å². The standard InChI is InChI=1S/C28H29N3O4/c1-19-7-11-24(12-8-19)35-18-22(32)17-31-26-6-4-3-5-25(26)29-28(31)20-15-27(33)30(16-20)21-9-13-23(34-2)14-10-21/h3-14,20,22,32H,15-18H2,1-2H3/t20-,22+/m0/s1. The third kappa shape index (κ3) is 4.86. The molecule has 0 aliphatic carbocycles. The van der Waals surface area contributed by atoms with Gasteiger partial charge in [0.1, 0.15) is 30.0 Å². The topological polar surface area (TPSA) is 76.8 Å². The lowest BCUT2D eigenvalue weighted by Gasteiger charge is -2.19. The number of imidazole rings is 1. The van der Waals surface area contributed by atoms with Gasteiger partial charge in [-0.15, -0.1) is 0 Å². The second kappa shape index (κ2) is 9.80. The first-order valence-corrected chi connectivity index (χ1v) is 11.8. The Labute approximate surface area is 204 Å². The van der Waals surface area contributed by atoms with Crippen LogP contribution in [0.4, 0.5) is 5.69 Å². The molecule has 1 saturated heterocycles. The van der Waals surface area contributed by atoms with Crippen LogP contribution in [0.25, 0.3) is 11.0 Å². The maximum absolute atomic E-state index is 12.9. The number of para-hydroxylation sites is 2. The van der Waals surface area contributed by atoms with Crippen molar-refractivity contribution in [2.24, 2.45) is 0 Å². The predicted molar refractivity (Wildman–Crippen MR) is 135 cm³/mol. The molecule has 1 aliphatic rings. The van der Waals surface area contributed by atoms with E-state index >= 15 is 0 Å². The van der Waals surface area contributed by atoms with Crippen molar-refractivity contribution in [1.29, 1.82) is 0 Å². The monoisotopic (exact) mass is 471 g/mol. The number of nitrogens with zero attached hydrogens (tertiary/aromatic N) is 3. The summed E-state index contributed by atoms with van der Waals surface area (Å²) in [7, 11) is 1.62. The number of aliphatic hydroxyl groups excluding tert-OH is 1. The minimum Gasteiger partial charge on any atom is -0.497 e. The highest BCUT2D eigenvalue weighted by Crippen LogP contribution is 2.34. The minimum atomic E-state index is -0.734. The van der Waals surface area contributed by atoms with Gasteiger partial charge in [-0.2, -0.15) is 0 Å². The Morgan fingerprint density at radius 1 is 1.03 bits per heavy atom. The van der Waals surface area contributed by atoms with Crippen molar-refractivity contribution in [2.45, 2.75) is 31.9 Å². The first-order chi connectivity index (χ1) is 17.0. The van der Waals surface area contributed by atoms with Crippen LogP contribution in [0.1, 0.15) is 23.7 Å². The molecule has 0 spiro atoms. The van der Waals surface area contributed by atoms with E-state index in [0.29, 0.717) is 19.5 Å². The van der Waals surface area contributed by atoms with Gasteiger partial charge in [0, 0.05) is 24.6 Å². The third-order valence-corrected chi connectivity index (χ3v) is 6.42. The number of carbonyl (C=O) groups excluding carboxylic acids is 1. The zero-order valence-electron chi connectivity index (χ0n) is 19.9. The van der Waals surface area contributed by atoms with E-state index in [2.05, 4.69) is 0 Å². The van der Waals surface area contributed by atoms with Crippen molar-refractivity contribution >= 4 is 22.6 Å². The molecule has 7 heteroatoms. The Hall–Kier alpha value is -3.84. The van der Waals surface area contributed by atoms with Crippen molar-refractivity contribution < 1.29 is 19.4 Å². The second-order valence-corrected chi connectivity index (χ2v) is 8.95. The highest BCUT2D eigenvalue weighted by Gasteiger charge is 2.35. The maximum atomic E-state index is 12.9. The van der Waals surface area contributed by atoms with Gasteiger partial charge in [0.2, 0.25) is 5.91 Å². The normalized spacial score (nSPS) is 16.6. The Bertz CT molecular complexity index is 1310. The molecule has 1 amide bonds. The van der Waals surface area contributed by atoms with E-state index in [4.69, 9.17) is 14.5 Å². The fraction of sp³-hybridized carbons (Fsp3) is 0.286. The van der Waals surface area contributed by atoms with Crippen LogP contribution in [0.15, 0.2) is 72.8 Å². The van der Waals surface area contributed by atoms with Gasteiger partial charge in [0.15, 0.2) is 0 Å². The van der Waals surface area contributed by atoms with E-state index in [-0.39, 0.29) is 18.4 Å². The number of hydrogen-bond acceptors (Lipinski definition) is 5. The van der Waals surface area contributed by atoms with Crippen LogP contribution >= 0.6 is 0 Å². The van der Waals surface area contributed by atoms with Crippen molar-refractivity contribution in [2.75, 3.05) is 25.2 Å². The van der Waals surface area contributed by atoms with Crippen LogP contribution in [0.3, 0.4) is 0 Å². The zero-order chi connectivity index (χ0) is 24.4. The first-order valence-electron chi connectivity index (χ1n) is 11.8. The number of aromatic nitrogens is 2. The molecule has 0 saturated carbocycles. The van der Waals surface area contributed by atoms with Gasteiger partial charge in [0.25, 0.3) is 0 Å². The molecule has 35 heavy (non-hydrogen) atoms. The lowest BCUT2D eigenvalue weighted by atomic mass is 10.1. The number of aryl methyl sites for hydroxylation is 1. The van der Waals surface area contributed by atoms with E-state index in [1.54, 1.807) is 12.0 Å². The van der Waals surface area contributed by atoms with E-state index in [9.17, 15) is 9.90 Å². The van der Waals surface area contributed by atoms with Crippen molar-refractivity contribution in [3.05, 3.63) is 84.2 Å². The SMILES string of the molecule is COc1ccc(N2C[C@@H](c3nc4ccccc4n3C[C@@H](O)COc3ccc(C)cc3)CC2=O)cc1. The number of ether oxygens (including phenoxy) is 2. The third-order valence-electron chi connectivity index (χ3n) is 6.42. The molecule has 0 bridgehead atoms. The number of hydrogen-bond donors (Lipinski definition) is 1. The molecule has 5 rings (SSSR count). The summed E-state index contributed by atoms with van der Waals surface area (Å²) in [5.74, 6) is 2.26. The van der Waals surface area contributed by atoms with Crippen LogP contribution in [-0.4, -0.2) is 46.9 Å². The Balaban J connectivity index is 1.36. The number of aliphatic hydroxyl groups is 1. The van der Waals surface area contributed by atoms with Crippen molar-refractivity contribution in [3.8, 4) is 11.5 Å². The molecule has 1 aliphatic heterocycles. The number of amides is 1. The molecule has 2 atom stereocenters. The maximum Gasteiger partial charge on any atom is 0.227 e. The largest absolute Gasteiger partial charge is 0.497 e. The predicted octanol–water partition coefficient (Wildman–Crippen LogP) is 4.31. The molecule has 1 N–H and O–H groups in total. The molecule has 180 valence electrons. The fourth-order valence-corrected chi connectivity index (χ4v) is 4.58. The number of anilines is 1. The molecular formula is C28H29N3O4. The summed E-state index contributed by atoms with van der Waals surface area (Å²) >= 11 is 0. The van der Waals surface area contributed by atoms with Crippen molar-refractivity contribution in [1.82, 2.24) is 9.55 Å². The minimum absolute atomic E-state index is 0.0574. The van der Waals surface area contributed by atoms with E-state index in [1.807, 2.05) is 84.3 Å². The van der Waals surface area contributed by atoms with E-state index in [1.165, 1.54) is 0 Å². The van der Waals surface area contributed by atoms with Gasteiger partial charge in [-0.25, -0.2) is 4.98 Å². The van der Waals surface area contributed by atoms with Crippen molar-refractivity contribution in [3.63, 3.8) is 0 Å². The van der Waals surface area contributed by atoms with Crippen LogP contribution in [0, 0.1) is 6.92 Å². The summed E-state index contributed by atoms with van der Waals surface area (Å²) in [6.07, 6.45) is -0.367. The summed E-state index contributed by atoms with van der Waals surface area (Å²) in [5, 5.41) is 10.8.